The van der Waals surface area contributed by atoms with Gasteiger partial charge >= 0.3 is 0 Å². The highest BCUT2D eigenvalue weighted by molar-refractivity contribution is 6.27. The number of hydrogen-bond acceptors (Lipinski definition) is 4. The molecule has 5 heteroatoms. The van der Waals surface area contributed by atoms with Gasteiger partial charge < -0.3 is 19.5 Å². The van der Waals surface area contributed by atoms with E-state index in [2.05, 4.69) is 49.9 Å². The monoisotopic (exact) mass is 373 g/mol. The lowest BCUT2D eigenvalue weighted by Gasteiger charge is -2.24. The molecule has 25 heavy (non-hydrogen) atoms. The van der Waals surface area contributed by atoms with Crippen molar-refractivity contribution in [2.45, 2.75) is 78.4 Å². The van der Waals surface area contributed by atoms with Crippen molar-refractivity contribution in [3.63, 3.8) is 0 Å². The zero-order chi connectivity index (χ0) is 18.8. The average molecular weight is 374 g/mol. The Bertz CT molecular complexity index is 265. The van der Waals surface area contributed by atoms with Gasteiger partial charge in [0.1, 0.15) is 0 Å². The van der Waals surface area contributed by atoms with E-state index in [9.17, 15) is 0 Å². The van der Waals surface area contributed by atoms with E-state index in [1.165, 1.54) is 70.7 Å². The molecule has 0 aliphatic carbocycles. The summed E-state index contributed by atoms with van der Waals surface area (Å²) in [6, 6.07) is 1.33. The lowest BCUT2D eigenvalue weighted by atomic mass is 10.2. The van der Waals surface area contributed by atoms with Crippen LogP contribution in [0.4, 0.5) is 0 Å². The van der Waals surface area contributed by atoms with E-state index in [1.807, 2.05) is 0 Å². The van der Waals surface area contributed by atoms with Gasteiger partial charge in [-0.15, -0.1) is 0 Å². The molecule has 0 fully saturated rings. The van der Waals surface area contributed by atoms with Crippen molar-refractivity contribution in [1.82, 2.24) is 15.1 Å². The second kappa shape index (κ2) is 18.8. The Kier molecular flexibility index (Phi) is 18.9. The number of rotatable bonds is 19. The van der Waals surface area contributed by atoms with E-state index < -0.39 is 0 Å². The molecule has 0 spiro atoms. The van der Waals surface area contributed by atoms with Crippen molar-refractivity contribution in [2.75, 3.05) is 52.9 Å². The summed E-state index contributed by atoms with van der Waals surface area (Å²) < 4.78 is 6.08. The predicted octanol–water partition coefficient (Wildman–Crippen LogP) is 3.12. The lowest BCUT2D eigenvalue weighted by molar-refractivity contribution is 0.200. The van der Waals surface area contributed by atoms with Crippen LogP contribution in [0.15, 0.2) is 0 Å². The lowest BCUT2D eigenvalue weighted by Crippen LogP contribution is -2.32. The maximum atomic E-state index is 6.08. The third-order valence-electron chi connectivity index (χ3n) is 4.94. The first-order valence-corrected chi connectivity index (χ1v) is 12.5. The quantitative estimate of drug-likeness (QED) is 0.278. The van der Waals surface area contributed by atoms with Crippen LogP contribution in [0, 0.1) is 0 Å². The Hall–Kier alpha value is 0.0569. The third-order valence-corrected chi connectivity index (χ3v) is 6.44. The summed E-state index contributed by atoms with van der Waals surface area (Å²) in [6.45, 7) is 17.4. The predicted molar refractivity (Wildman–Crippen MR) is 115 cm³/mol. The molecule has 0 aromatic heterocycles. The fourth-order valence-corrected chi connectivity index (χ4v) is 4.40. The molecule has 0 rings (SSSR count). The van der Waals surface area contributed by atoms with E-state index in [0.29, 0.717) is 6.10 Å². The normalized spacial score (nSPS) is 12.5. The molecule has 0 atom stereocenters. The molecule has 0 saturated carbocycles. The standard InChI is InChI=1S/C20H47N3OSi/c1-6-13-21-14-10-16-23(17-11-15-22(5)9-4)18-12-19-25-24-20(7-2)8-3/h20-21H,6-19,25H2,1-5H3. The second-order valence-corrected chi connectivity index (χ2v) is 8.66. The van der Waals surface area contributed by atoms with E-state index in [-0.39, 0.29) is 9.76 Å². The van der Waals surface area contributed by atoms with Crippen molar-refractivity contribution < 1.29 is 4.43 Å². The summed E-state index contributed by atoms with van der Waals surface area (Å²) >= 11 is 0. The Labute approximate surface area is 161 Å². The molecule has 0 bridgehead atoms. The van der Waals surface area contributed by atoms with Crippen molar-refractivity contribution >= 4 is 9.76 Å². The fraction of sp³-hybridized carbons (Fsp3) is 1.00. The first-order valence-electron chi connectivity index (χ1n) is 10.9. The molecular weight excluding hydrogens is 326 g/mol. The average Bonchev–Trinajstić information content (AvgIpc) is 2.63. The summed E-state index contributed by atoms with van der Waals surface area (Å²) in [5.74, 6) is 0. The highest BCUT2D eigenvalue weighted by atomic mass is 28.2. The Morgan fingerprint density at radius 2 is 1.56 bits per heavy atom. The van der Waals surface area contributed by atoms with Gasteiger partial charge in [0.2, 0.25) is 0 Å². The topological polar surface area (TPSA) is 27.7 Å². The second-order valence-electron chi connectivity index (χ2n) is 7.21. The zero-order valence-electron chi connectivity index (χ0n) is 18.0. The highest BCUT2D eigenvalue weighted by Crippen LogP contribution is 2.05. The van der Waals surface area contributed by atoms with Crippen LogP contribution in [-0.4, -0.2) is 78.5 Å². The molecule has 1 N–H and O–H groups in total. The van der Waals surface area contributed by atoms with Crippen LogP contribution in [0.1, 0.15) is 66.2 Å². The van der Waals surface area contributed by atoms with E-state index >= 15 is 0 Å². The van der Waals surface area contributed by atoms with Crippen LogP contribution in [0.25, 0.3) is 0 Å². The van der Waals surface area contributed by atoms with Gasteiger partial charge in [-0.05, 0) is 97.4 Å². The fourth-order valence-electron chi connectivity index (χ4n) is 3.00. The molecule has 152 valence electrons. The van der Waals surface area contributed by atoms with Crippen LogP contribution < -0.4 is 5.32 Å². The summed E-state index contributed by atoms with van der Waals surface area (Å²) in [4.78, 5) is 5.10. The molecule has 0 aromatic carbocycles. The molecule has 0 amide bonds. The maximum absolute atomic E-state index is 6.08. The van der Waals surface area contributed by atoms with Gasteiger partial charge in [0.05, 0.1) is 0 Å². The highest BCUT2D eigenvalue weighted by Gasteiger charge is 2.07. The third kappa shape index (κ3) is 16.0. The van der Waals surface area contributed by atoms with Crippen molar-refractivity contribution in [3.8, 4) is 0 Å². The van der Waals surface area contributed by atoms with E-state index in [1.54, 1.807) is 0 Å². The minimum atomic E-state index is -0.315. The van der Waals surface area contributed by atoms with Gasteiger partial charge in [-0.25, -0.2) is 0 Å². The number of nitrogens with one attached hydrogen (secondary N) is 1. The minimum absolute atomic E-state index is 0.315. The zero-order valence-corrected chi connectivity index (χ0v) is 19.4. The molecule has 0 radical (unpaired) electrons. The first kappa shape index (κ1) is 25.1. The SMILES string of the molecule is CCCNCCCN(CCC[SiH2]OC(CC)CC)CCCN(C)CC. The van der Waals surface area contributed by atoms with Gasteiger partial charge in [0.15, 0.2) is 9.76 Å². The largest absolute Gasteiger partial charge is 0.421 e. The summed E-state index contributed by atoms with van der Waals surface area (Å²) in [7, 11) is 1.91. The van der Waals surface area contributed by atoms with E-state index in [0.717, 1.165) is 19.6 Å². The Morgan fingerprint density at radius 3 is 2.20 bits per heavy atom. The molecule has 0 aliphatic rings. The molecular formula is C20H47N3OSi. The molecule has 0 heterocycles. The smallest absolute Gasteiger partial charge is 0.162 e. The molecule has 0 aromatic rings. The van der Waals surface area contributed by atoms with Crippen LogP contribution in [0.3, 0.4) is 0 Å². The number of hydrogen-bond donors (Lipinski definition) is 1. The van der Waals surface area contributed by atoms with Crippen molar-refractivity contribution in [1.29, 1.82) is 0 Å². The number of nitrogens with zero attached hydrogens (tertiary/aromatic N) is 2. The molecule has 0 aliphatic heterocycles. The summed E-state index contributed by atoms with van der Waals surface area (Å²) in [5, 5.41) is 3.53. The van der Waals surface area contributed by atoms with Crippen LogP contribution in [0.5, 0.6) is 0 Å². The van der Waals surface area contributed by atoms with Crippen LogP contribution in [-0.2, 0) is 4.43 Å². The van der Waals surface area contributed by atoms with Crippen LogP contribution in [0.2, 0.25) is 6.04 Å². The Balaban J connectivity index is 3.93. The summed E-state index contributed by atoms with van der Waals surface area (Å²) in [5.41, 5.74) is 0. The minimum Gasteiger partial charge on any atom is -0.421 e. The van der Waals surface area contributed by atoms with Gasteiger partial charge in [-0.3, -0.25) is 0 Å². The first-order chi connectivity index (χ1) is 12.2. The molecule has 4 nitrogen and oxygen atoms in total. The van der Waals surface area contributed by atoms with Crippen LogP contribution >= 0.6 is 0 Å². The van der Waals surface area contributed by atoms with Gasteiger partial charge in [-0.1, -0.05) is 27.7 Å². The van der Waals surface area contributed by atoms with Crippen molar-refractivity contribution in [3.05, 3.63) is 0 Å². The molecule has 0 unspecified atom stereocenters. The van der Waals surface area contributed by atoms with Gasteiger partial charge in [0, 0.05) is 6.10 Å². The van der Waals surface area contributed by atoms with Gasteiger partial charge in [0.25, 0.3) is 0 Å². The summed E-state index contributed by atoms with van der Waals surface area (Å²) in [6.07, 6.45) is 7.97. The van der Waals surface area contributed by atoms with E-state index in [4.69, 9.17) is 4.43 Å². The maximum Gasteiger partial charge on any atom is 0.162 e. The van der Waals surface area contributed by atoms with Gasteiger partial charge in [-0.2, -0.15) is 0 Å². The Morgan fingerprint density at radius 1 is 0.880 bits per heavy atom. The van der Waals surface area contributed by atoms with Crippen molar-refractivity contribution in [2.24, 2.45) is 0 Å². The molecule has 0 saturated heterocycles.